The number of hydrogen-bond donors (Lipinski definition) is 0. The van der Waals surface area contributed by atoms with E-state index in [0.717, 1.165) is 47.9 Å². The molecule has 6 heterocycles. The molecule has 0 aromatic carbocycles. The van der Waals surface area contributed by atoms with Crippen LogP contribution in [-0.2, 0) is 4.74 Å². The molecule has 130 valence electrons. The third-order valence-corrected chi connectivity index (χ3v) is 7.08. The van der Waals surface area contributed by atoms with Crippen molar-refractivity contribution in [1.82, 2.24) is 9.88 Å². The van der Waals surface area contributed by atoms with Crippen molar-refractivity contribution in [3.05, 3.63) is 35.6 Å². The van der Waals surface area contributed by atoms with Crippen LogP contribution < -0.4 is 4.90 Å². The van der Waals surface area contributed by atoms with Gasteiger partial charge in [-0.15, -0.1) is 11.3 Å². The Balaban J connectivity index is 1.43. The average molecular weight is 376 g/mol. The molecule has 2 bridgehead atoms. The van der Waals surface area contributed by atoms with Crippen LogP contribution in [0.4, 0.5) is 9.80 Å². The number of carbonyl (C=O) groups is 1. The van der Waals surface area contributed by atoms with Crippen LogP contribution in [0.5, 0.6) is 0 Å². The molecule has 4 aliphatic rings. The highest BCUT2D eigenvalue weighted by atomic mass is 35.5. The fraction of sp³-hybridized carbons (Fsp3) is 0.444. The molecule has 1 amide bonds. The number of anilines is 1. The first kappa shape index (κ1) is 15.6. The Labute approximate surface area is 155 Å². The van der Waals surface area contributed by atoms with Gasteiger partial charge in [-0.25, -0.2) is 9.78 Å². The van der Waals surface area contributed by atoms with Crippen molar-refractivity contribution in [2.75, 3.05) is 31.1 Å². The fourth-order valence-electron chi connectivity index (χ4n) is 4.37. The van der Waals surface area contributed by atoms with Gasteiger partial charge in [-0.05, 0) is 50.2 Å². The third-order valence-electron chi connectivity index (χ3n) is 5.64. The van der Waals surface area contributed by atoms with Crippen LogP contribution in [0, 0.1) is 5.92 Å². The van der Waals surface area contributed by atoms with Gasteiger partial charge >= 0.3 is 6.09 Å². The van der Waals surface area contributed by atoms with E-state index in [4.69, 9.17) is 16.3 Å². The molecule has 0 N–H and O–H groups in total. The smallest absolute Gasteiger partial charge is 0.415 e. The third kappa shape index (κ3) is 2.46. The lowest BCUT2D eigenvalue weighted by molar-refractivity contribution is -0.0881. The molecule has 5 nitrogen and oxygen atoms in total. The van der Waals surface area contributed by atoms with Crippen LogP contribution >= 0.6 is 22.9 Å². The van der Waals surface area contributed by atoms with Crippen LogP contribution in [-0.4, -0.2) is 47.8 Å². The minimum atomic E-state index is -0.330. The van der Waals surface area contributed by atoms with Gasteiger partial charge in [0.05, 0.1) is 6.54 Å². The Morgan fingerprint density at radius 1 is 1.24 bits per heavy atom. The maximum absolute atomic E-state index is 12.6. The largest absolute Gasteiger partial charge is 0.439 e. The summed E-state index contributed by atoms with van der Waals surface area (Å²) in [6.07, 6.45) is 3.71. The average Bonchev–Trinajstić information content (AvgIpc) is 3.21. The van der Waals surface area contributed by atoms with Gasteiger partial charge in [0, 0.05) is 29.1 Å². The lowest BCUT2D eigenvalue weighted by Gasteiger charge is -2.49. The second-order valence-corrected chi connectivity index (χ2v) is 8.47. The molecule has 4 fully saturated rings. The summed E-state index contributed by atoms with van der Waals surface area (Å²) in [5.41, 5.74) is 0.564. The topological polar surface area (TPSA) is 45.7 Å². The second kappa shape index (κ2) is 5.69. The van der Waals surface area contributed by atoms with Crippen LogP contribution in [0.1, 0.15) is 12.8 Å². The number of pyridine rings is 1. The number of carbonyl (C=O) groups excluding carboxylic acids is 1. The van der Waals surface area contributed by atoms with Crippen molar-refractivity contribution < 1.29 is 9.53 Å². The fourth-order valence-corrected chi connectivity index (χ4v) is 5.67. The first-order valence-corrected chi connectivity index (χ1v) is 9.78. The zero-order chi connectivity index (χ0) is 17.0. The lowest BCUT2D eigenvalue weighted by atomic mass is 9.75. The number of aromatic nitrogens is 1. The number of hydrogen-bond acceptors (Lipinski definition) is 5. The zero-order valence-corrected chi connectivity index (χ0v) is 15.2. The van der Waals surface area contributed by atoms with E-state index in [1.54, 1.807) is 22.4 Å². The number of fused-ring (bicyclic) bond motifs is 2. The molecule has 4 saturated heterocycles. The van der Waals surface area contributed by atoms with Gasteiger partial charge in [0.2, 0.25) is 0 Å². The highest BCUT2D eigenvalue weighted by Crippen LogP contribution is 2.45. The monoisotopic (exact) mass is 375 g/mol. The number of piperidine rings is 3. The van der Waals surface area contributed by atoms with E-state index < -0.39 is 0 Å². The maximum atomic E-state index is 12.6. The van der Waals surface area contributed by atoms with Gasteiger partial charge in [-0.3, -0.25) is 9.80 Å². The number of halogens is 1. The molecule has 4 aliphatic heterocycles. The standard InChI is InChI=1S/C18H18ClN3O2S/c19-16-13(2-1-7-20-16)14-3-4-15(25-14)22-11-18(24-17(22)23)10-21-8-5-12(18)6-9-21/h1-4,7,12H,5-6,8-11H2. The number of thiophene rings is 1. The SMILES string of the molecule is O=C1OC2(CN3CCC2CC3)CN1c1ccc(-c2cccnc2Cl)s1. The number of rotatable bonds is 2. The molecular weight excluding hydrogens is 358 g/mol. The number of nitrogens with zero attached hydrogens (tertiary/aromatic N) is 3. The molecule has 25 heavy (non-hydrogen) atoms. The van der Waals surface area contributed by atoms with Crippen LogP contribution in [0.3, 0.4) is 0 Å². The van der Waals surface area contributed by atoms with E-state index in [1.165, 1.54) is 0 Å². The molecular formula is C18H18ClN3O2S. The molecule has 2 aromatic rings. The van der Waals surface area contributed by atoms with E-state index >= 15 is 0 Å². The predicted molar refractivity (Wildman–Crippen MR) is 98.3 cm³/mol. The molecule has 1 atom stereocenters. The Bertz CT molecular complexity index is 833. The van der Waals surface area contributed by atoms with E-state index in [0.29, 0.717) is 17.6 Å². The van der Waals surface area contributed by atoms with Crippen molar-refractivity contribution in [2.24, 2.45) is 5.92 Å². The Kier molecular flexibility index (Phi) is 3.55. The second-order valence-electron chi connectivity index (χ2n) is 7.05. The molecule has 0 saturated carbocycles. The van der Waals surface area contributed by atoms with Crippen molar-refractivity contribution in [1.29, 1.82) is 0 Å². The van der Waals surface area contributed by atoms with Gasteiger partial charge in [0.15, 0.2) is 0 Å². The minimum Gasteiger partial charge on any atom is -0.439 e. The number of ether oxygens (including phenoxy) is 1. The summed E-state index contributed by atoms with van der Waals surface area (Å²) in [7, 11) is 0. The molecule has 2 aromatic heterocycles. The first-order chi connectivity index (χ1) is 12.1. The van der Waals surface area contributed by atoms with Crippen molar-refractivity contribution in [3.8, 4) is 10.4 Å². The van der Waals surface area contributed by atoms with E-state index in [-0.39, 0.29) is 11.7 Å². The summed E-state index contributed by atoms with van der Waals surface area (Å²) in [6, 6.07) is 7.79. The summed E-state index contributed by atoms with van der Waals surface area (Å²) < 4.78 is 5.94. The predicted octanol–water partition coefficient (Wildman–Crippen LogP) is 3.88. The first-order valence-electron chi connectivity index (χ1n) is 8.58. The summed E-state index contributed by atoms with van der Waals surface area (Å²) in [4.78, 5) is 21.9. The maximum Gasteiger partial charge on any atom is 0.415 e. The summed E-state index contributed by atoms with van der Waals surface area (Å²) in [5, 5.41) is 1.39. The number of amides is 1. The summed E-state index contributed by atoms with van der Waals surface area (Å²) in [5.74, 6) is 0.485. The molecule has 7 heteroatoms. The molecule has 1 spiro atoms. The lowest BCUT2D eigenvalue weighted by Crippen LogP contribution is -2.61. The zero-order valence-electron chi connectivity index (χ0n) is 13.7. The molecule has 0 radical (unpaired) electrons. The van der Waals surface area contributed by atoms with Gasteiger partial charge in [-0.2, -0.15) is 0 Å². The van der Waals surface area contributed by atoms with E-state index in [1.807, 2.05) is 24.3 Å². The van der Waals surface area contributed by atoms with E-state index in [2.05, 4.69) is 9.88 Å². The van der Waals surface area contributed by atoms with Crippen LogP contribution in [0.2, 0.25) is 5.15 Å². The summed E-state index contributed by atoms with van der Waals surface area (Å²) >= 11 is 7.76. The van der Waals surface area contributed by atoms with Gasteiger partial charge < -0.3 is 4.74 Å². The quantitative estimate of drug-likeness (QED) is 0.747. The van der Waals surface area contributed by atoms with Crippen molar-refractivity contribution >= 4 is 34.0 Å². The van der Waals surface area contributed by atoms with Crippen molar-refractivity contribution in [3.63, 3.8) is 0 Å². The van der Waals surface area contributed by atoms with Crippen LogP contribution in [0.15, 0.2) is 30.5 Å². The Morgan fingerprint density at radius 3 is 2.80 bits per heavy atom. The summed E-state index contributed by atoms with van der Waals surface area (Å²) in [6.45, 7) is 3.78. The highest BCUT2D eigenvalue weighted by molar-refractivity contribution is 7.19. The molecule has 6 rings (SSSR count). The Morgan fingerprint density at radius 2 is 2.08 bits per heavy atom. The molecule has 0 aliphatic carbocycles. The van der Waals surface area contributed by atoms with Gasteiger partial charge in [0.1, 0.15) is 15.8 Å². The van der Waals surface area contributed by atoms with Gasteiger partial charge in [0.25, 0.3) is 0 Å². The molecule has 1 unspecified atom stereocenters. The van der Waals surface area contributed by atoms with Crippen molar-refractivity contribution in [2.45, 2.75) is 18.4 Å². The highest BCUT2D eigenvalue weighted by Gasteiger charge is 2.55. The normalized spacial score (nSPS) is 30.9. The minimum absolute atomic E-state index is 0.223. The van der Waals surface area contributed by atoms with E-state index in [9.17, 15) is 4.79 Å². The Hall–Kier alpha value is -1.63. The van der Waals surface area contributed by atoms with Crippen LogP contribution in [0.25, 0.3) is 10.4 Å². The van der Waals surface area contributed by atoms with Gasteiger partial charge in [-0.1, -0.05) is 11.6 Å².